The zero-order chi connectivity index (χ0) is 22.7. The predicted molar refractivity (Wildman–Crippen MR) is 135 cm³/mol. The number of para-hydroxylation sites is 1. The lowest BCUT2D eigenvalue weighted by Crippen LogP contribution is -2.40. The van der Waals surface area contributed by atoms with Gasteiger partial charge in [-0.3, -0.25) is 4.31 Å². The molecule has 1 aliphatic rings. The van der Waals surface area contributed by atoms with Crippen LogP contribution in [0.1, 0.15) is 31.2 Å². The molecule has 0 saturated heterocycles. The molecule has 0 unspecified atom stereocenters. The molecule has 1 heterocycles. The number of nitrogens with one attached hydrogen (secondary N) is 2. The van der Waals surface area contributed by atoms with Gasteiger partial charge >= 0.3 is 6.03 Å². The zero-order valence-corrected chi connectivity index (χ0v) is 19.6. The van der Waals surface area contributed by atoms with E-state index in [4.69, 9.17) is 9.97 Å². The second kappa shape index (κ2) is 9.65. The zero-order valence-electron chi connectivity index (χ0n) is 18.7. The molecule has 1 aliphatic carbocycles. The van der Waals surface area contributed by atoms with Crippen molar-refractivity contribution < 1.29 is 4.79 Å². The highest BCUT2D eigenvalue weighted by atomic mass is 32.1. The van der Waals surface area contributed by atoms with Gasteiger partial charge in [0, 0.05) is 37.3 Å². The van der Waals surface area contributed by atoms with Crippen molar-refractivity contribution in [2.24, 2.45) is 0 Å². The van der Waals surface area contributed by atoms with Crippen molar-refractivity contribution in [3.05, 3.63) is 54.1 Å². The Morgan fingerprint density at radius 2 is 1.69 bits per heavy atom. The number of amides is 2. The van der Waals surface area contributed by atoms with Crippen LogP contribution in [0.2, 0.25) is 0 Å². The smallest absolute Gasteiger partial charge is 0.331 e. The largest absolute Gasteiger partial charge is 0.362 e. The summed E-state index contributed by atoms with van der Waals surface area (Å²) in [6.45, 7) is 2.02. The molecule has 7 nitrogen and oxygen atoms in total. The van der Waals surface area contributed by atoms with Gasteiger partial charge in [-0.15, -0.1) is 0 Å². The minimum Gasteiger partial charge on any atom is -0.362 e. The van der Waals surface area contributed by atoms with Crippen molar-refractivity contribution >= 4 is 47.2 Å². The first kappa shape index (κ1) is 22.2. The maximum Gasteiger partial charge on any atom is 0.331 e. The molecule has 168 valence electrons. The molecule has 0 atom stereocenters. The van der Waals surface area contributed by atoms with E-state index in [1.807, 2.05) is 74.4 Å². The molecule has 2 aromatic carbocycles. The molecular weight excluding hydrogens is 420 g/mol. The van der Waals surface area contributed by atoms with Gasteiger partial charge in [-0.05, 0) is 56.9 Å². The number of aromatic nitrogens is 2. The van der Waals surface area contributed by atoms with Crippen LogP contribution in [-0.4, -0.2) is 46.5 Å². The van der Waals surface area contributed by atoms with Gasteiger partial charge in [-0.25, -0.2) is 9.78 Å². The van der Waals surface area contributed by atoms with Crippen LogP contribution >= 0.6 is 12.8 Å². The number of nitrogens with zero attached hydrogens (tertiary/aromatic N) is 4. The number of benzene rings is 2. The average Bonchev–Trinajstić information content (AvgIpc) is 2.80. The summed E-state index contributed by atoms with van der Waals surface area (Å²) in [7, 11) is 3.99. The fourth-order valence-electron chi connectivity index (χ4n) is 4.10. The summed E-state index contributed by atoms with van der Waals surface area (Å²) in [5, 5.41) is 7.47. The highest BCUT2D eigenvalue weighted by Crippen LogP contribution is 2.28. The van der Waals surface area contributed by atoms with Crippen LogP contribution < -0.4 is 15.5 Å². The molecule has 1 fully saturated rings. The van der Waals surface area contributed by atoms with E-state index in [-0.39, 0.29) is 18.1 Å². The van der Waals surface area contributed by atoms with Gasteiger partial charge in [0.25, 0.3) is 0 Å². The van der Waals surface area contributed by atoms with Crippen LogP contribution in [0.4, 0.5) is 22.2 Å². The minimum absolute atomic E-state index is 0.0942. The Morgan fingerprint density at radius 1 is 1.00 bits per heavy atom. The molecule has 32 heavy (non-hydrogen) atoms. The maximum atomic E-state index is 12.6. The molecule has 2 N–H and O–H groups in total. The number of aryl methyl sites for hydroxylation is 1. The molecule has 0 bridgehead atoms. The summed E-state index contributed by atoms with van der Waals surface area (Å²) in [6.07, 6.45) is 3.59. The lowest BCUT2D eigenvalue weighted by molar-refractivity contribution is 0.217. The van der Waals surface area contributed by atoms with E-state index < -0.39 is 0 Å². The summed E-state index contributed by atoms with van der Waals surface area (Å²) in [6, 6.07) is 16.0. The average molecular weight is 451 g/mol. The molecule has 8 heteroatoms. The Labute approximate surface area is 194 Å². The van der Waals surface area contributed by atoms with Gasteiger partial charge in [0.15, 0.2) is 0 Å². The maximum absolute atomic E-state index is 12.6. The fourth-order valence-corrected chi connectivity index (χ4v) is 4.38. The SMILES string of the molecule is Cc1ccc(NC(=O)N(S)C2CCC(Nc3nc(N(C)C)c4ccccc4n3)CC2)cc1. The van der Waals surface area contributed by atoms with Gasteiger partial charge in [-0.1, -0.05) is 42.6 Å². The topological polar surface area (TPSA) is 73.4 Å². The Balaban J connectivity index is 1.35. The van der Waals surface area contributed by atoms with E-state index in [2.05, 4.69) is 23.4 Å². The summed E-state index contributed by atoms with van der Waals surface area (Å²) >= 11 is 4.49. The van der Waals surface area contributed by atoms with E-state index in [1.165, 1.54) is 4.31 Å². The van der Waals surface area contributed by atoms with E-state index in [0.29, 0.717) is 5.95 Å². The molecule has 0 spiro atoms. The van der Waals surface area contributed by atoms with Gasteiger partial charge in [0.2, 0.25) is 5.95 Å². The van der Waals surface area contributed by atoms with Crippen molar-refractivity contribution in [1.82, 2.24) is 14.3 Å². The normalized spacial score (nSPS) is 18.2. The summed E-state index contributed by atoms with van der Waals surface area (Å²) in [4.78, 5) is 24.1. The lowest BCUT2D eigenvalue weighted by atomic mass is 9.91. The molecule has 4 rings (SSSR count). The predicted octanol–water partition coefficient (Wildman–Crippen LogP) is 5.11. The van der Waals surface area contributed by atoms with Crippen LogP contribution in [0.15, 0.2) is 48.5 Å². The highest BCUT2D eigenvalue weighted by molar-refractivity contribution is 7.78. The van der Waals surface area contributed by atoms with E-state index in [9.17, 15) is 4.79 Å². The van der Waals surface area contributed by atoms with Crippen LogP contribution in [0.25, 0.3) is 10.9 Å². The summed E-state index contributed by atoms with van der Waals surface area (Å²) < 4.78 is 1.53. The first-order valence-electron chi connectivity index (χ1n) is 11.0. The van der Waals surface area contributed by atoms with Gasteiger partial charge in [0.1, 0.15) is 5.82 Å². The van der Waals surface area contributed by atoms with Crippen LogP contribution in [0.3, 0.4) is 0 Å². The van der Waals surface area contributed by atoms with Crippen molar-refractivity contribution in [3.63, 3.8) is 0 Å². The van der Waals surface area contributed by atoms with Crippen LogP contribution in [0, 0.1) is 6.92 Å². The number of anilines is 3. The minimum atomic E-state index is -0.193. The fraction of sp³-hybridized carbons (Fsp3) is 0.375. The number of hydrogen-bond acceptors (Lipinski definition) is 6. The van der Waals surface area contributed by atoms with Crippen molar-refractivity contribution in [2.75, 3.05) is 29.6 Å². The quantitative estimate of drug-likeness (QED) is 0.471. The Hall–Kier alpha value is -3.00. The van der Waals surface area contributed by atoms with Crippen molar-refractivity contribution in [1.29, 1.82) is 0 Å². The van der Waals surface area contributed by atoms with Gasteiger partial charge < -0.3 is 15.5 Å². The molecule has 1 aromatic heterocycles. The van der Waals surface area contributed by atoms with E-state index in [0.717, 1.165) is 53.7 Å². The van der Waals surface area contributed by atoms with Gasteiger partial charge in [-0.2, -0.15) is 4.98 Å². The summed E-state index contributed by atoms with van der Waals surface area (Å²) in [5.41, 5.74) is 2.86. The van der Waals surface area contributed by atoms with Crippen LogP contribution in [-0.2, 0) is 0 Å². The first-order valence-corrected chi connectivity index (χ1v) is 11.4. The number of thiol groups is 1. The highest BCUT2D eigenvalue weighted by Gasteiger charge is 2.28. The molecular formula is C24H30N6OS. The number of hydrogen-bond donors (Lipinski definition) is 3. The second-order valence-electron chi connectivity index (χ2n) is 8.57. The third-order valence-corrected chi connectivity index (χ3v) is 6.40. The molecule has 3 aromatic rings. The Kier molecular flexibility index (Phi) is 6.69. The third kappa shape index (κ3) is 5.07. The molecule has 0 aliphatic heterocycles. The first-order chi connectivity index (χ1) is 15.4. The van der Waals surface area contributed by atoms with Crippen molar-refractivity contribution in [2.45, 2.75) is 44.7 Å². The second-order valence-corrected chi connectivity index (χ2v) is 9.00. The van der Waals surface area contributed by atoms with E-state index >= 15 is 0 Å². The standard InChI is InChI=1S/C24H30N6OS/c1-16-8-10-18(11-9-16)26-24(31)30(32)19-14-12-17(13-15-19)25-23-27-21-7-5-4-6-20(21)22(28-23)29(2)3/h4-11,17,19,32H,12-15H2,1-3H3,(H,26,31)(H,25,27,28). The Morgan fingerprint density at radius 3 is 2.38 bits per heavy atom. The van der Waals surface area contributed by atoms with Crippen molar-refractivity contribution in [3.8, 4) is 0 Å². The lowest BCUT2D eigenvalue weighted by Gasteiger charge is -2.34. The molecule has 1 saturated carbocycles. The van der Waals surface area contributed by atoms with Crippen LogP contribution in [0.5, 0.6) is 0 Å². The summed E-state index contributed by atoms with van der Waals surface area (Å²) in [5.74, 6) is 1.55. The molecule has 2 amide bonds. The number of fused-ring (bicyclic) bond motifs is 1. The number of carbonyl (C=O) groups excluding carboxylic acids is 1. The third-order valence-electron chi connectivity index (χ3n) is 5.89. The number of urea groups is 1. The Bertz CT molecular complexity index is 1080. The van der Waals surface area contributed by atoms with Gasteiger partial charge in [0.05, 0.1) is 5.52 Å². The monoisotopic (exact) mass is 450 g/mol. The number of rotatable bonds is 5. The molecule has 0 radical (unpaired) electrons. The van der Waals surface area contributed by atoms with E-state index in [1.54, 1.807) is 0 Å². The number of carbonyl (C=O) groups is 1.